The van der Waals surface area contributed by atoms with Crippen LogP contribution in [0.4, 0.5) is 10.5 Å². The van der Waals surface area contributed by atoms with Gasteiger partial charge >= 0.3 is 6.03 Å². The topological polar surface area (TPSA) is 82.2 Å². The molecule has 6 rings (SSSR count). The van der Waals surface area contributed by atoms with Crippen LogP contribution in [0, 0.1) is 0 Å². The molecule has 2 aromatic rings. The molecular weight excluding hydrogens is 398 g/mol. The summed E-state index contributed by atoms with van der Waals surface area (Å²) in [6.07, 6.45) is 3.98. The molecule has 2 atom stereocenters. The highest BCUT2D eigenvalue weighted by atomic mass is 35.5. The van der Waals surface area contributed by atoms with Crippen molar-refractivity contribution >= 4 is 23.3 Å². The fourth-order valence-electron chi connectivity index (χ4n) is 4.28. The largest absolute Gasteiger partial charge is 0.490 e. The van der Waals surface area contributed by atoms with Crippen molar-refractivity contribution in [3.8, 4) is 17.2 Å². The number of nitrogens with zero attached hydrogens (tertiary/aromatic N) is 2. The number of nitrogens with one attached hydrogen (secondary N) is 1. The highest BCUT2D eigenvalue weighted by Gasteiger charge is 2.52. The first-order chi connectivity index (χ1) is 14.1. The lowest BCUT2D eigenvalue weighted by atomic mass is 9.85. The Bertz CT molecular complexity index is 1070. The third-order valence-corrected chi connectivity index (χ3v) is 5.88. The van der Waals surface area contributed by atoms with Gasteiger partial charge in [0.2, 0.25) is 6.79 Å². The highest BCUT2D eigenvalue weighted by molar-refractivity contribution is 6.28. The number of benzene rings is 1. The molecule has 2 amide bonds. The molecule has 2 unspecified atom stereocenters. The van der Waals surface area contributed by atoms with Gasteiger partial charge in [-0.25, -0.2) is 4.79 Å². The van der Waals surface area contributed by atoms with E-state index >= 15 is 0 Å². The molecule has 4 aliphatic rings. The summed E-state index contributed by atoms with van der Waals surface area (Å²) < 4.78 is 22.5. The molecule has 4 aliphatic heterocycles. The molecule has 0 saturated heterocycles. The number of ether oxygens (including phenoxy) is 4. The lowest BCUT2D eigenvalue weighted by Gasteiger charge is -2.40. The van der Waals surface area contributed by atoms with Crippen molar-refractivity contribution in [2.24, 2.45) is 0 Å². The van der Waals surface area contributed by atoms with Gasteiger partial charge in [-0.1, -0.05) is 0 Å². The molecule has 0 radical (unpaired) electrons. The summed E-state index contributed by atoms with van der Waals surface area (Å²) in [4.78, 5) is 19.5. The summed E-state index contributed by atoms with van der Waals surface area (Å²) >= 11 is 5.93. The summed E-state index contributed by atoms with van der Waals surface area (Å²) in [5.41, 5.74) is 1.34. The van der Waals surface area contributed by atoms with Crippen molar-refractivity contribution in [2.45, 2.75) is 18.1 Å². The van der Waals surface area contributed by atoms with Gasteiger partial charge in [0.05, 0.1) is 17.9 Å². The van der Waals surface area contributed by atoms with Gasteiger partial charge in [-0.3, -0.25) is 9.88 Å². The smallest absolute Gasteiger partial charge is 0.323 e. The number of hydrogen-bond acceptors (Lipinski definition) is 6. The molecule has 1 spiro atoms. The first kappa shape index (κ1) is 16.8. The summed E-state index contributed by atoms with van der Waals surface area (Å²) in [6.45, 7) is 0.766. The van der Waals surface area contributed by atoms with Crippen LogP contribution in [-0.4, -0.2) is 37.1 Å². The summed E-state index contributed by atoms with van der Waals surface area (Å²) in [5.74, 6) is 1.91. The van der Waals surface area contributed by atoms with Crippen LogP contribution < -0.4 is 24.4 Å². The van der Waals surface area contributed by atoms with Crippen LogP contribution in [0.5, 0.6) is 17.2 Å². The minimum atomic E-state index is -0.896. The van der Waals surface area contributed by atoms with Gasteiger partial charge in [-0.15, -0.1) is 0 Å². The zero-order valence-corrected chi connectivity index (χ0v) is 15.9. The summed E-state index contributed by atoms with van der Waals surface area (Å²) in [5, 5.41) is 3.49. The predicted octanol–water partition coefficient (Wildman–Crippen LogP) is 2.85. The second-order valence-corrected chi connectivity index (χ2v) is 7.66. The first-order valence-corrected chi connectivity index (χ1v) is 9.66. The van der Waals surface area contributed by atoms with E-state index in [2.05, 4.69) is 10.3 Å². The predicted molar refractivity (Wildman–Crippen MR) is 102 cm³/mol. The number of carbonyl (C=O) groups excluding carboxylic acids is 1. The molecule has 1 aromatic heterocycles. The maximum absolute atomic E-state index is 13.2. The first-order valence-electron chi connectivity index (χ1n) is 9.28. The molecule has 0 saturated carbocycles. The molecule has 1 N–H and O–H groups in total. The van der Waals surface area contributed by atoms with Crippen molar-refractivity contribution in [3.05, 3.63) is 53.0 Å². The van der Waals surface area contributed by atoms with Crippen LogP contribution in [0.1, 0.15) is 17.7 Å². The number of anilines is 1. The number of halogens is 1. The minimum Gasteiger partial charge on any atom is -0.490 e. The quantitative estimate of drug-likeness (QED) is 0.815. The lowest BCUT2D eigenvalue weighted by Crippen LogP contribution is -2.59. The number of rotatable bonds is 2. The second kappa shape index (κ2) is 5.93. The van der Waals surface area contributed by atoms with Gasteiger partial charge in [-0.05, 0) is 35.9 Å². The maximum Gasteiger partial charge on any atom is 0.323 e. The van der Waals surface area contributed by atoms with E-state index in [0.29, 0.717) is 41.1 Å². The monoisotopic (exact) mass is 413 g/mol. The molecule has 148 valence electrons. The van der Waals surface area contributed by atoms with E-state index < -0.39 is 5.54 Å². The van der Waals surface area contributed by atoms with Crippen molar-refractivity contribution in [1.82, 2.24) is 10.3 Å². The highest BCUT2D eigenvalue weighted by Crippen LogP contribution is 2.50. The molecule has 0 aliphatic carbocycles. The fourth-order valence-corrected chi connectivity index (χ4v) is 4.49. The number of aromatic nitrogens is 1. The van der Waals surface area contributed by atoms with Gasteiger partial charge < -0.3 is 24.3 Å². The van der Waals surface area contributed by atoms with Crippen LogP contribution in [0.15, 0.2) is 41.8 Å². The van der Waals surface area contributed by atoms with Crippen molar-refractivity contribution < 1.29 is 23.7 Å². The van der Waals surface area contributed by atoms with Gasteiger partial charge in [0.15, 0.2) is 16.7 Å². The molecule has 29 heavy (non-hydrogen) atoms. The summed E-state index contributed by atoms with van der Waals surface area (Å²) in [6, 6.07) is 7.12. The Hall–Kier alpha value is -3.13. The Morgan fingerprint density at radius 2 is 2.10 bits per heavy atom. The average molecular weight is 414 g/mol. The minimum absolute atomic E-state index is 0.165. The van der Waals surface area contributed by atoms with Crippen LogP contribution >= 0.6 is 11.6 Å². The normalized spacial score (nSPS) is 25.8. The third kappa shape index (κ3) is 2.38. The van der Waals surface area contributed by atoms with Crippen molar-refractivity contribution in [2.75, 3.05) is 24.8 Å². The Kier molecular flexibility index (Phi) is 3.44. The SMILES string of the molecule is O=C1NC2(COc3cc4c(cc32)OCO4)c2ncccc2N1CC1CC=C(Cl)O1. The number of carbonyl (C=O) groups is 1. The molecule has 9 heteroatoms. The van der Waals surface area contributed by atoms with E-state index in [1.165, 1.54) is 0 Å². The molecule has 5 heterocycles. The van der Waals surface area contributed by atoms with Crippen molar-refractivity contribution in [1.29, 1.82) is 0 Å². The van der Waals surface area contributed by atoms with Crippen LogP contribution in [0.25, 0.3) is 0 Å². The number of fused-ring (bicyclic) bond motifs is 5. The molecule has 1 aromatic carbocycles. The fraction of sp³-hybridized carbons (Fsp3) is 0.300. The maximum atomic E-state index is 13.2. The van der Waals surface area contributed by atoms with E-state index in [4.69, 9.17) is 30.5 Å². The van der Waals surface area contributed by atoms with Gasteiger partial charge in [0.1, 0.15) is 24.0 Å². The van der Waals surface area contributed by atoms with E-state index in [0.717, 1.165) is 11.3 Å². The van der Waals surface area contributed by atoms with Gasteiger partial charge in [0.25, 0.3) is 0 Å². The molecule has 0 bridgehead atoms. The Labute approximate surface area is 171 Å². The van der Waals surface area contributed by atoms with E-state index in [1.807, 2.05) is 24.3 Å². The van der Waals surface area contributed by atoms with E-state index in [1.54, 1.807) is 17.2 Å². The molecule has 8 nitrogen and oxygen atoms in total. The zero-order valence-electron chi connectivity index (χ0n) is 15.2. The van der Waals surface area contributed by atoms with Crippen LogP contribution in [0.2, 0.25) is 0 Å². The standard InChI is InChI=1S/C20H16ClN3O5/c21-17-4-3-11(29-17)8-24-13-2-1-5-22-18(13)20(23-19(24)25)9-26-14-7-16-15(6-12(14)20)27-10-28-16/h1-2,4-7,11H,3,8-10H2,(H,23,25). The summed E-state index contributed by atoms with van der Waals surface area (Å²) in [7, 11) is 0. The third-order valence-electron chi connectivity index (χ3n) is 5.63. The lowest BCUT2D eigenvalue weighted by molar-refractivity contribution is 0.161. The Balaban J connectivity index is 1.43. The zero-order chi connectivity index (χ0) is 19.6. The van der Waals surface area contributed by atoms with Crippen molar-refractivity contribution in [3.63, 3.8) is 0 Å². The Morgan fingerprint density at radius 3 is 2.93 bits per heavy atom. The average Bonchev–Trinajstić information content (AvgIpc) is 3.43. The second-order valence-electron chi connectivity index (χ2n) is 7.29. The number of hydrogen-bond donors (Lipinski definition) is 1. The number of urea groups is 1. The van der Waals surface area contributed by atoms with Crippen LogP contribution in [0.3, 0.4) is 0 Å². The van der Waals surface area contributed by atoms with E-state index in [-0.39, 0.29) is 25.5 Å². The van der Waals surface area contributed by atoms with E-state index in [9.17, 15) is 4.79 Å². The number of pyridine rings is 1. The molecule has 0 fully saturated rings. The van der Waals surface area contributed by atoms with Crippen LogP contribution in [-0.2, 0) is 10.3 Å². The number of amides is 2. The Morgan fingerprint density at radius 1 is 1.24 bits per heavy atom. The van der Waals surface area contributed by atoms with Gasteiger partial charge in [-0.2, -0.15) is 0 Å². The molecular formula is C20H16ClN3O5. The van der Waals surface area contributed by atoms with Gasteiger partial charge in [0, 0.05) is 24.2 Å².